The van der Waals surface area contributed by atoms with Gasteiger partial charge < -0.3 is 23.8 Å². The van der Waals surface area contributed by atoms with Crippen LogP contribution in [0.2, 0.25) is 5.02 Å². The summed E-state index contributed by atoms with van der Waals surface area (Å²) in [6, 6.07) is 9.42. The number of fused-ring (bicyclic) bond motifs is 3. The highest BCUT2D eigenvalue weighted by atomic mass is 35.5. The second-order valence-electron chi connectivity index (χ2n) is 13.9. The van der Waals surface area contributed by atoms with Gasteiger partial charge in [0, 0.05) is 61.5 Å². The van der Waals surface area contributed by atoms with Crippen LogP contribution >= 0.6 is 11.6 Å². The van der Waals surface area contributed by atoms with E-state index < -0.39 is 11.7 Å². The Balaban J connectivity index is 1.23. The highest BCUT2D eigenvalue weighted by Crippen LogP contribution is 2.43. The second-order valence-corrected chi connectivity index (χ2v) is 14.3. The molecular formula is C37H42ClFN6O5. The van der Waals surface area contributed by atoms with Crippen LogP contribution in [0.1, 0.15) is 72.2 Å². The van der Waals surface area contributed by atoms with Gasteiger partial charge in [0.05, 0.1) is 27.6 Å². The van der Waals surface area contributed by atoms with Crippen molar-refractivity contribution in [2.24, 2.45) is 0 Å². The summed E-state index contributed by atoms with van der Waals surface area (Å²) in [7, 11) is 1.56. The molecule has 1 unspecified atom stereocenters. The fourth-order valence-electron chi connectivity index (χ4n) is 8.44. The van der Waals surface area contributed by atoms with E-state index in [1.807, 2.05) is 48.9 Å². The Morgan fingerprint density at radius 1 is 1.10 bits per heavy atom. The monoisotopic (exact) mass is 704 g/mol. The number of amides is 1. The zero-order valence-electron chi connectivity index (χ0n) is 28.7. The highest BCUT2D eigenvalue weighted by molar-refractivity contribution is 6.37. The molecule has 3 saturated heterocycles. The third-order valence-electron chi connectivity index (χ3n) is 10.8. The molecule has 2 aromatic carbocycles. The predicted octanol–water partition coefficient (Wildman–Crippen LogP) is 6.60. The minimum atomic E-state index is -0.891. The zero-order valence-corrected chi connectivity index (χ0v) is 29.5. The summed E-state index contributed by atoms with van der Waals surface area (Å²) in [6.07, 6.45) is 4.67. The molecule has 264 valence electrons. The van der Waals surface area contributed by atoms with Crippen LogP contribution in [0.5, 0.6) is 11.8 Å². The lowest BCUT2D eigenvalue weighted by molar-refractivity contribution is -0.0407. The molecule has 50 heavy (non-hydrogen) atoms. The number of hydrogen-bond donors (Lipinski definition) is 0. The number of alkyl halides is 1. The summed E-state index contributed by atoms with van der Waals surface area (Å²) in [5.41, 5.74) is 4.39. The summed E-state index contributed by atoms with van der Waals surface area (Å²) < 4.78 is 40.1. The average Bonchev–Trinajstić information content (AvgIpc) is 3.75. The Morgan fingerprint density at radius 3 is 2.78 bits per heavy atom. The highest BCUT2D eigenvalue weighted by Gasteiger charge is 2.49. The summed E-state index contributed by atoms with van der Waals surface area (Å²) in [5.74, 6) is 0.253. The van der Waals surface area contributed by atoms with Gasteiger partial charge in [0.25, 0.3) is 5.91 Å². The number of carbonyl (C=O) groups excluding carboxylic acids is 1. The molecule has 0 aliphatic carbocycles. The Bertz CT molecular complexity index is 1950. The molecule has 13 heteroatoms. The second kappa shape index (κ2) is 13.4. The van der Waals surface area contributed by atoms with Gasteiger partial charge in [-0.25, -0.2) is 9.07 Å². The van der Waals surface area contributed by atoms with Crippen molar-refractivity contribution in [2.75, 3.05) is 51.7 Å². The number of carbonyl (C=O) groups is 1. The number of aromatic nitrogens is 4. The first kappa shape index (κ1) is 33.3. The first-order valence-electron chi connectivity index (χ1n) is 17.5. The summed E-state index contributed by atoms with van der Waals surface area (Å²) >= 11 is 6.78. The molecule has 4 aliphatic heterocycles. The SMILES string of the molecule is COCOc1cc(N2CCc3c(nc(OC[C@@]45CCCN4C[C@H](F)C5)nc3-c3c(C)nn(C4CCCCO4)c3C)C2=O)c2c(Cl)cccc2c1. The van der Waals surface area contributed by atoms with E-state index in [0.29, 0.717) is 54.7 Å². The van der Waals surface area contributed by atoms with Crippen LogP contribution in [-0.2, 0) is 15.9 Å². The van der Waals surface area contributed by atoms with Crippen LogP contribution in [0.4, 0.5) is 10.1 Å². The van der Waals surface area contributed by atoms with Gasteiger partial charge in [-0.15, -0.1) is 0 Å². The van der Waals surface area contributed by atoms with E-state index in [0.717, 1.165) is 71.9 Å². The zero-order chi connectivity index (χ0) is 34.6. The van der Waals surface area contributed by atoms with Gasteiger partial charge in [-0.3, -0.25) is 9.69 Å². The molecular weight excluding hydrogens is 663 g/mol. The molecule has 0 radical (unpaired) electrons. The van der Waals surface area contributed by atoms with Crippen LogP contribution in [0, 0.1) is 13.8 Å². The van der Waals surface area contributed by atoms with E-state index in [2.05, 4.69) is 4.90 Å². The fraction of sp³-hybridized carbons (Fsp3) is 0.514. The Hall–Kier alpha value is -3.84. The van der Waals surface area contributed by atoms with Crippen LogP contribution in [-0.4, -0.2) is 89.0 Å². The first-order chi connectivity index (χ1) is 24.3. The van der Waals surface area contributed by atoms with Crippen molar-refractivity contribution in [1.82, 2.24) is 24.6 Å². The van der Waals surface area contributed by atoms with Crippen LogP contribution < -0.4 is 14.4 Å². The van der Waals surface area contributed by atoms with E-state index >= 15 is 0 Å². The van der Waals surface area contributed by atoms with Crippen LogP contribution in [0.3, 0.4) is 0 Å². The van der Waals surface area contributed by atoms with E-state index in [9.17, 15) is 9.18 Å². The van der Waals surface area contributed by atoms with Gasteiger partial charge in [0.15, 0.2) is 6.79 Å². The smallest absolute Gasteiger partial charge is 0.317 e. The first-order valence-corrected chi connectivity index (χ1v) is 17.9. The van der Waals surface area contributed by atoms with Gasteiger partial charge in [-0.05, 0) is 76.4 Å². The lowest BCUT2D eigenvalue weighted by Crippen LogP contribution is -2.44. The molecule has 1 amide bonds. The fourth-order valence-corrected chi connectivity index (χ4v) is 8.72. The van der Waals surface area contributed by atoms with Crippen molar-refractivity contribution in [3.05, 3.63) is 58.0 Å². The lowest BCUT2D eigenvalue weighted by Gasteiger charge is -2.32. The van der Waals surface area contributed by atoms with Crippen molar-refractivity contribution < 1.29 is 28.1 Å². The standard InChI is InChI=1S/C37H42ClFN6O5/c1-22-31(23(2)45(42-22)30-10-4-5-15-48-30)33-27-11-14-44(29-17-26(50-21-47-3)16-24-8-6-9-28(38)32(24)29)35(46)34(27)41-36(40-33)49-20-37-12-7-13-43(37)19-25(39)18-37/h6,8-9,16-17,25,30H,4-5,7,10-15,18-21H2,1-3H3/t25-,30?,37+/m1/s1. The van der Waals surface area contributed by atoms with E-state index in [1.54, 1.807) is 12.0 Å². The van der Waals surface area contributed by atoms with Gasteiger partial charge in [-0.2, -0.15) is 15.1 Å². The van der Waals surface area contributed by atoms with Crippen molar-refractivity contribution in [2.45, 2.75) is 76.7 Å². The minimum Gasteiger partial charge on any atom is -0.467 e. The van der Waals surface area contributed by atoms with Gasteiger partial charge >= 0.3 is 6.01 Å². The van der Waals surface area contributed by atoms with Gasteiger partial charge in [-0.1, -0.05) is 23.7 Å². The van der Waals surface area contributed by atoms with E-state index in [1.165, 1.54) is 0 Å². The molecule has 4 aromatic rings. The van der Waals surface area contributed by atoms with E-state index in [4.69, 9.17) is 45.6 Å². The number of nitrogens with zero attached hydrogens (tertiary/aromatic N) is 6. The molecule has 0 saturated carbocycles. The maximum absolute atomic E-state index is 14.7. The normalized spacial score (nSPS) is 23.8. The van der Waals surface area contributed by atoms with Crippen molar-refractivity contribution >= 4 is 34.0 Å². The largest absolute Gasteiger partial charge is 0.467 e. The minimum absolute atomic E-state index is 0.0555. The van der Waals surface area contributed by atoms with E-state index in [-0.39, 0.29) is 37.2 Å². The maximum Gasteiger partial charge on any atom is 0.317 e. The third-order valence-corrected chi connectivity index (χ3v) is 11.1. The van der Waals surface area contributed by atoms with Crippen molar-refractivity contribution in [1.29, 1.82) is 0 Å². The van der Waals surface area contributed by atoms with Crippen LogP contribution in [0.15, 0.2) is 30.3 Å². The van der Waals surface area contributed by atoms with Gasteiger partial charge in [0.1, 0.15) is 30.4 Å². The number of ether oxygens (including phenoxy) is 4. The molecule has 2 aromatic heterocycles. The number of halogens is 2. The summed E-state index contributed by atoms with van der Waals surface area (Å²) in [6.45, 7) is 6.60. The summed E-state index contributed by atoms with van der Waals surface area (Å²) in [5, 5.41) is 7.01. The number of hydrogen-bond acceptors (Lipinski definition) is 9. The molecule has 8 rings (SSSR count). The lowest BCUT2D eigenvalue weighted by atomic mass is 9.95. The molecule has 3 atom stereocenters. The van der Waals surface area contributed by atoms with Crippen molar-refractivity contribution in [3.63, 3.8) is 0 Å². The number of anilines is 1. The van der Waals surface area contributed by atoms with Crippen molar-refractivity contribution in [3.8, 4) is 23.0 Å². The number of benzene rings is 2. The number of methoxy groups -OCH3 is 1. The molecule has 11 nitrogen and oxygen atoms in total. The molecule has 0 bridgehead atoms. The quantitative estimate of drug-likeness (QED) is 0.178. The maximum atomic E-state index is 14.7. The van der Waals surface area contributed by atoms with Gasteiger partial charge in [0.2, 0.25) is 0 Å². The molecule has 0 spiro atoms. The summed E-state index contributed by atoms with van der Waals surface area (Å²) in [4.78, 5) is 28.4. The topological polar surface area (TPSA) is 104 Å². The molecule has 4 aliphatic rings. The Labute approximate surface area is 295 Å². The molecule has 6 heterocycles. The molecule has 0 N–H and O–H groups in total. The van der Waals surface area contributed by atoms with Crippen LogP contribution in [0.25, 0.3) is 22.0 Å². The Kier molecular flexibility index (Phi) is 8.91. The predicted molar refractivity (Wildman–Crippen MR) is 187 cm³/mol. The number of aryl methyl sites for hydroxylation is 1. The number of rotatable bonds is 9. The Morgan fingerprint density at radius 2 is 1.96 bits per heavy atom. The molecule has 3 fully saturated rings. The average molecular weight is 705 g/mol. The third kappa shape index (κ3) is 5.79.